The standard InChI is InChI=1S/C28H24F3N3O3S/c1-16-10-13-21(17(2)14-16)28(30,31)15-32-26(35)24-20-6-3-4-8-22(20)33-34-27(24)38(36,37)23-9-5-7-19(25(23)29)18-11-12-18/h3-10,13-14,18H,11-12,15H2,1-2H3,(H,32,35). The number of amides is 1. The lowest BCUT2D eigenvalue weighted by Crippen LogP contribution is -2.36. The zero-order valence-electron chi connectivity index (χ0n) is 20.6. The topological polar surface area (TPSA) is 89.0 Å². The average molecular weight is 540 g/mol. The van der Waals surface area contributed by atoms with Crippen molar-refractivity contribution in [1.82, 2.24) is 15.5 Å². The Labute approximate surface area is 217 Å². The highest BCUT2D eigenvalue weighted by Gasteiger charge is 2.37. The lowest BCUT2D eigenvalue weighted by atomic mass is 10.00. The molecule has 1 saturated carbocycles. The quantitative estimate of drug-likeness (QED) is 0.329. The van der Waals surface area contributed by atoms with Gasteiger partial charge < -0.3 is 5.32 Å². The summed E-state index contributed by atoms with van der Waals surface area (Å²) in [6.07, 6.45) is 1.50. The molecule has 1 aliphatic rings. The van der Waals surface area contributed by atoms with Crippen LogP contribution in [0.3, 0.4) is 0 Å². The summed E-state index contributed by atoms with van der Waals surface area (Å²) in [7, 11) is -4.68. The number of benzene rings is 3. The van der Waals surface area contributed by atoms with E-state index in [4.69, 9.17) is 0 Å². The minimum absolute atomic E-state index is 0.0666. The van der Waals surface area contributed by atoms with Crippen molar-refractivity contribution >= 4 is 26.6 Å². The van der Waals surface area contributed by atoms with Crippen molar-refractivity contribution in [3.05, 3.63) is 94.3 Å². The van der Waals surface area contributed by atoms with Gasteiger partial charge in [0.05, 0.1) is 17.6 Å². The normalized spacial score (nSPS) is 14.0. The van der Waals surface area contributed by atoms with Gasteiger partial charge in [-0.25, -0.2) is 12.8 Å². The second-order valence-corrected chi connectivity index (χ2v) is 11.4. The van der Waals surface area contributed by atoms with E-state index >= 15 is 13.2 Å². The molecule has 3 aromatic carbocycles. The molecule has 6 nitrogen and oxygen atoms in total. The van der Waals surface area contributed by atoms with Crippen LogP contribution < -0.4 is 5.32 Å². The van der Waals surface area contributed by atoms with E-state index in [2.05, 4.69) is 15.5 Å². The van der Waals surface area contributed by atoms with Crippen molar-refractivity contribution in [1.29, 1.82) is 0 Å². The van der Waals surface area contributed by atoms with Gasteiger partial charge in [-0.3, -0.25) is 4.79 Å². The number of rotatable bonds is 7. The highest BCUT2D eigenvalue weighted by molar-refractivity contribution is 7.91. The van der Waals surface area contributed by atoms with Crippen LogP contribution in [0.25, 0.3) is 10.9 Å². The number of carbonyl (C=O) groups excluding carboxylic acids is 1. The van der Waals surface area contributed by atoms with E-state index < -0.39 is 49.5 Å². The predicted molar refractivity (Wildman–Crippen MR) is 136 cm³/mol. The highest BCUT2D eigenvalue weighted by Crippen LogP contribution is 2.43. The van der Waals surface area contributed by atoms with Gasteiger partial charge >= 0.3 is 0 Å². The number of nitrogens with one attached hydrogen (secondary N) is 1. The number of halogens is 3. The van der Waals surface area contributed by atoms with E-state index in [0.29, 0.717) is 5.56 Å². The Balaban J connectivity index is 1.57. The van der Waals surface area contributed by atoms with Gasteiger partial charge in [0.2, 0.25) is 9.84 Å². The van der Waals surface area contributed by atoms with Crippen LogP contribution in [0.2, 0.25) is 0 Å². The molecule has 196 valence electrons. The number of alkyl halides is 2. The number of nitrogens with zero attached hydrogens (tertiary/aromatic N) is 2. The van der Waals surface area contributed by atoms with Gasteiger partial charge in [0.15, 0.2) is 5.03 Å². The molecule has 0 saturated heterocycles. The largest absolute Gasteiger partial charge is 0.345 e. The van der Waals surface area contributed by atoms with Gasteiger partial charge in [-0.1, -0.05) is 54.1 Å². The SMILES string of the molecule is Cc1ccc(C(F)(F)CNC(=O)c2c(S(=O)(=O)c3cccc(C4CC4)c3F)nnc3ccccc23)c(C)c1. The number of carbonyl (C=O) groups is 1. The molecule has 38 heavy (non-hydrogen) atoms. The minimum atomic E-state index is -4.68. The van der Waals surface area contributed by atoms with Crippen LogP contribution in [0, 0.1) is 19.7 Å². The first-order chi connectivity index (χ1) is 18.0. The Kier molecular flexibility index (Phi) is 6.46. The smallest absolute Gasteiger partial charge is 0.290 e. The summed E-state index contributed by atoms with van der Waals surface area (Å²) < 4.78 is 72.8. The van der Waals surface area contributed by atoms with Gasteiger partial charge in [0, 0.05) is 10.9 Å². The van der Waals surface area contributed by atoms with Crippen molar-refractivity contribution in [3.8, 4) is 0 Å². The molecule has 0 radical (unpaired) electrons. The first-order valence-electron chi connectivity index (χ1n) is 12.0. The molecular weight excluding hydrogens is 515 g/mol. The molecule has 1 aliphatic carbocycles. The van der Waals surface area contributed by atoms with Crippen LogP contribution in [0.1, 0.15) is 51.4 Å². The van der Waals surface area contributed by atoms with E-state index in [-0.39, 0.29) is 27.9 Å². The van der Waals surface area contributed by atoms with Crippen LogP contribution in [0.5, 0.6) is 0 Å². The number of fused-ring (bicyclic) bond motifs is 1. The number of hydrogen-bond acceptors (Lipinski definition) is 5. The molecule has 10 heteroatoms. The molecule has 0 atom stereocenters. The number of aryl methyl sites for hydroxylation is 2. The summed E-state index contributed by atoms with van der Waals surface area (Å²) >= 11 is 0. The number of aromatic nitrogens is 2. The Bertz CT molecular complexity index is 1690. The van der Waals surface area contributed by atoms with Crippen LogP contribution in [-0.2, 0) is 15.8 Å². The maximum atomic E-state index is 15.3. The fraction of sp³-hybridized carbons (Fsp3) is 0.250. The van der Waals surface area contributed by atoms with Crippen LogP contribution >= 0.6 is 0 Å². The Hall–Kier alpha value is -3.79. The molecule has 1 N–H and O–H groups in total. The van der Waals surface area contributed by atoms with Crippen LogP contribution in [-0.4, -0.2) is 31.1 Å². The van der Waals surface area contributed by atoms with Crippen LogP contribution in [0.4, 0.5) is 13.2 Å². The molecule has 0 spiro atoms. The first kappa shape index (κ1) is 25.8. The fourth-order valence-corrected chi connectivity index (χ4v) is 6.03. The Morgan fingerprint density at radius 1 is 1.03 bits per heavy atom. The van der Waals surface area contributed by atoms with Crippen molar-refractivity contribution in [2.45, 2.75) is 48.5 Å². The molecule has 0 unspecified atom stereocenters. The fourth-order valence-electron chi connectivity index (χ4n) is 4.59. The van der Waals surface area contributed by atoms with Crippen LogP contribution in [0.15, 0.2) is 70.6 Å². The summed E-state index contributed by atoms with van der Waals surface area (Å²) in [6, 6.07) is 14.6. The third-order valence-corrected chi connectivity index (χ3v) is 8.35. The number of sulfone groups is 1. The molecular formula is C28H24F3N3O3S. The predicted octanol–water partition coefficient (Wildman–Crippen LogP) is 5.62. The molecule has 1 heterocycles. The molecule has 1 aromatic heterocycles. The van der Waals surface area contributed by atoms with E-state index in [9.17, 15) is 13.2 Å². The van der Waals surface area contributed by atoms with E-state index in [1.165, 1.54) is 30.3 Å². The van der Waals surface area contributed by atoms with Crippen molar-refractivity contribution < 1.29 is 26.4 Å². The second-order valence-electron chi connectivity index (χ2n) is 9.54. The lowest BCUT2D eigenvalue weighted by Gasteiger charge is -2.20. The van der Waals surface area contributed by atoms with Crippen molar-refractivity contribution in [2.24, 2.45) is 0 Å². The van der Waals surface area contributed by atoms with Gasteiger partial charge in [-0.2, -0.15) is 8.78 Å². The number of hydrogen-bond donors (Lipinski definition) is 1. The van der Waals surface area contributed by atoms with E-state index in [1.807, 2.05) is 0 Å². The zero-order chi connectivity index (χ0) is 27.2. The third-order valence-electron chi connectivity index (χ3n) is 6.66. The van der Waals surface area contributed by atoms with E-state index in [0.717, 1.165) is 24.5 Å². The van der Waals surface area contributed by atoms with Crippen molar-refractivity contribution in [2.75, 3.05) is 6.54 Å². The summed E-state index contributed by atoms with van der Waals surface area (Å²) in [5.41, 5.74) is 0.905. The summed E-state index contributed by atoms with van der Waals surface area (Å²) in [5.74, 6) is -5.49. The molecule has 5 rings (SSSR count). The molecule has 1 fully saturated rings. The molecule has 4 aromatic rings. The first-order valence-corrected chi connectivity index (χ1v) is 13.5. The lowest BCUT2D eigenvalue weighted by molar-refractivity contribution is -0.00309. The van der Waals surface area contributed by atoms with Crippen molar-refractivity contribution in [3.63, 3.8) is 0 Å². The summed E-state index contributed by atoms with van der Waals surface area (Å²) in [6.45, 7) is 2.24. The second kappa shape index (κ2) is 9.50. The maximum absolute atomic E-state index is 15.3. The van der Waals surface area contributed by atoms with E-state index in [1.54, 1.807) is 38.1 Å². The maximum Gasteiger partial charge on any atom is 0.290 e. The Morgan fingerprint density at radius 2 is 1.76 bits per heavy atom. The monoisotopic (exact) mass is 539 g/mol. The third kappa shape index (κ3) is 4.64. The summed E-state index contributed by atoms with van der Waals surface area (Å²) in [4.78, 5) is 12.7. The minimum Gasteiger partial charge on any atom is -0.345 e. The highest BCUT2D eigenvalue weighted by atomic mass is 32.2. The van der Waals surface area contributed by atoms with Gasteiger partial charge in [-0.05, 0) is 55.9 Å². The van der Waals surface area contributed by atoms with Gasteiger partial charge in [0.1, 0.15) is 10.7 Å². The molecule has 1 amide bonds. The summed E-state index contributed by atoms with van der Waals surface area (Å²) in [5, 5.41) is 9.16. The van der Waals surface area contributed by atoms with Gasteiger partial charge in [0.25, 0.3) is 11.8 Å². The Morgan fingerprint density at radius 3 is 2.47 bits per heavy atom. The van der Waals surface area contributed by atoms with Gasteiger partial charge in [-0.15, -0.1) is 10.2 Å². The average Bonchev–Trinajstić information content (AvgIpc) is 3.72. The molecule has 0 bridgehead atoms. The molecule has 0 aliphatic heterocycles. The zero-order valence-corrected chi connectivity index (χ0v) is 21.4.